The van der Waals surface area contributed by atoms with Gasteiger partial charge in [0.05, 0.1) is 16.5 Å². The van der Waals surface area contributed by atoms with Gasteiger partial charge in [0.1, 0.15) is 0 Å². The summed E-state index contributed by atoms with van der Waals surface area (Å²) in [4.78, 5) is 0.220. The quantitative estimate of drug-likeness (QED) is 0.885. The van der Waals surface area contributed by atoms with Gasteiger partial charge in [0.15, 0.2) is 0 Å². The fourth-order valence-electron chi connectivity index (χ4n) is 1.49. The normalized spacial score (nSPS) is 10.9. The molecule has 1 aromatic rings. The number of hydrogen-bond acceptors (Lipinski definition) is 4. The van der Waals surface area contributed by atoms with Crippen LogP contribution in [0, 0.1) is 18.3 Å². The SMILES string of the molecule is CNCCN(C)S(=O)(=O)c1ccc(C#N)c(C)c1.Cl. The van der Waals surface area contributed by atoms with Gasteiger partial charge in [-0.2, -0.15) is 9.57 Å². The van der Waals surface area contributed by atoms with E-state index < -0.39 is 10.0 Å². The van der Waals surface area contributed by atoms with Crippen molar-refractivity contribution in [2.24, 2.45) is 0 Å². The van der Waals surface area contributed by atoms with E-state index in [0.717, 1.165) is 0 Å². The number of aryl methyl sites for hydroxylation is 1. The Morgan fingerprint density at radius 3 is 2.53 bits per heavy atom. The second-order valence-corrected chi connectivity index (χ2v) is 6.06. The summed E-state index contributed by atoms with van der Waals surface area (Å²) in [5.41, 5.74) is 1.16. The smallest absolute Gasteiger partial charge is 0.242 e. The molecule has 5 nitrogen and oxygen atoms in total. The summed E-state index contributed by atoms with van der Waals surface area (Å²) in [5, 5.41) is 11.7. The predicted molar refractivity (Wildman–Crippen MR) is 76.9 cm³/mol. The molecule has 0 heterocycles. The maximum Gasteiger partial charge on any atom is 0.242 e. The number of likely N-dealkylation sites (N-methyl/N-ethyl adjacent to an activating group) is 2. The fraction of sp³-hybridized carbons (Fsp3) is 0.417. The van der Waals surface area contributed by atoms with Crippen LogP contribution >= 0.6 is 12.4 Å². The molecule has 1 rings (SSSR count). The Bertz CT molecular complexity index is 567. The first-order chi connectivity index (χ1) is 8.43. The van der Waals surface area contributed by atoms with Gasteiger partial charge in [-0.3, -0.25) is 0 Å². The van der Waals surface area contributed by atoms with E-state index in [0.29, 0.717) is 24.2 Å². The molecule has 0 fully saturated rings. The average molecular weight is 304 g/mol. The Morgan fingerprint density at radius 2 is 2.05 bits per heavy atom. The lowest BCUT2D eigenvalue weighted by Crippen LogP contribution is -2.32. The predicted octanol–water partition coefficient (Wildman–Crippen LogP) is 1.13. The lowest BCUT2D eigenvalue weighted by atomic mass is 10.1. The Kier molecular flexibility index (Phi) is 7.01. The first-order valence-electron chi connectivity index (χ1n) is 5.55. The Balaban J connectivity index is 0.00000324. The summed E-state index contributed by atoms with van der Waals surface area (Å²) >= 11 is 0. The van der Waals surface area contributed by atoms with E-state index >= 15 is 0 Å². The van der Waals surface area contributed by atoms with E-state index in [1.165, 1.54) is 22.5 Å². The van der Waals surface area contributed by atoms with E-state index in [2.05, 4.69) is 5.32 Å². The summed E-state index contributed by atoms with van der Waals surface area (Å²) in [7, 11) is -0.163. The third kappa shape index (κ3) is 4.18. The number of halogens is 1. The van der Waals surface area contributed by atoms with Gasteiger partial charge in [0, 0.05) is 20.1 Å². The molecule has 0 aliphatic carbocycles. The highest BCUT2D eigenvalue weighted by molar-refractivity contribution is 7.89. The molecular weight excluding hydrogens is 286 g/mol. The molecule has 0 saturated carbocycles. The molecule has 0 aliphatic rings. The van der Waals surface area contributed by atoms with Crippen LogP contribution in [0.25, 0.3) is 0 Å². The van der Waals surface area contributed by atoms with Gasteiger partial charge >= 0.3 is 0 Å². The van der Waals surface area contributed by atoms with Crippen molar-refractivity contribution in [1.82, 2.24) is 9.62 Å². The molecule has 0 bridgehead atoms. The summed E-state index contributed by atoms with van der Waals surface area (Å²) < 4.78 is 25.7. The molecule has 106 valence electrons. The molecule has 19 heavy (non-hydrogen) atoms. The highest BCUT2D eigenvalue weighted by atomic mass is 35.5. The first kappa shape index (κ1) is 17.9. The minimum atomic E-state index is -3.47. The van der Waals surface area contributed by atoms with E-state index in [1.807, 2.05) is 6.07 Å². The van der Waals surface area contributed by atoms with Crippen molar-refractivity contribution in [1.29, 1.82) is 5.26 Å². The minimum Gasteiger partial charge on any atom is -0.318 e. The molecule has 0 radical (unpaired) electrons. The summed E-state index contributed by atoms with van der Waals surface area (Å²) in [6.45, 7) is 2.72. The Labute approximate surface area is 120 Å². The molecule has 0 aromatic heterocycles. The number of nitrogens with one attached hydrogen (secondary N) is 1. The zero-order valence-corrected chi connectivity index (χ0v) is 12.8. The van der Waals surface area contributed by atoms with Gasteiger partial charge < -0.3 is 5.32 Å². The summed E-state index contributed by atoms with van der Waals surface area (Å²) in [6, 6.07) is 6.56. The zero-order chi connectivity index (χ0) is 13.8. The molecule has 0 saturated heterocycles. The van der Waals surface area contributed by atoms with Gasteiger partial charge in [0.2, 0.25) is 10.0 Å². The highest BCUT2D eigenvalue weighted by Gasteiger charge is 2.20. The summed E-state index contributed by atoms with van der Waals surface area (Å²) in [5.74, 6) is 0. The number of benzene rings is 1. The van der Waals surface area contributed by atoms with Crippen LogP contribution in [0.1, 0.15) is 11.1 Å². The topological polar surface area (TPSA) is 73.2 Å². The van der Waals surface area contributed by atoms with Gasteiger partial charge in [-0.25, -0.2) is 8.42 Å². The van der Waals surface area contributed by atoms with Crippen LogP contribution in [0.2, 0.25) is 0 Å². The number of hydrogen-bond donors (Lipinski definition) is 1. The molecular formula is C12H18ClN3O2S. The highest BCUT2D eigenvalue weighted by Crippen LogP contribution is 2.17. The van der Waals surface area contributed by atoms with E-state index in [4.69, 9.17) is 5.26 Å². The maximum absolute atomic E-state index is 12.2. The zero-order valence-electron chi connectivity index (χ0n) is 11.2. The van der Waals surface area contributed by atoms with Crippen LogP contribution in [-0.2, 0) is 10.0 Å². The van der Waals surface area contributed by atoms with Crippen molar-refractivity contribution < 1.29 is 8.42 Å². The number of sulfonamides is 1. The molecule has 0 atom stereocenters. The van der Waals surface area contributed by atoms with Crippen LogP contribution in [0.4, 0.5) is 0 Å². The third-order valence-corrected chi connectivity index (χ3v) is 4.56. The van der Waals surface area contributed by atoms with E-state index in [-0.39, 0.29) is 17.3 Å². The Morgan fingerprint density at radius 1 is 1.42 bits per heavy atom. The molecule has 7 heteroatoms. The monoisotopic (exact) mass is 303 g/mol. The molecule has 0 aliphatic heterocycles. The third-order valence-electron chi connectivity index (χ3n) is 2.70. The van der Waals surface area contributed by atoms with Crippen LogP contribution in [0.3, 0.4) is 0 Å². The molecule has 0 spiro atoms. The fourth-order valence-corrected chi connectivity index (χ4v) is 2.75. The van der Waals surface area contributed by atoms with Crippen molar-refractivity contribution in [2.75, 3.05) is 27.2 Å². The molecule has 1 aromatic carbocycles. The van der Waals surface area contributed by atoms with Crippen molar-refractivity contribution in [2.45, 2.75) is 11.8 Å². The second kappa shape index (κ2) is 7.46. The largest absolute Gasteiger partial charge is 0.318 e. The number of nitrogens with zero attached hydrogens (tertiary/aromatic N) is 2. The van der Waals surface area contributed by atoms with Gasteiger partial charge in [-0.05, 0) is 37.7 Å². The number of rotatable bonds is 5. The van der Waals surface area contributed by atoms with Crippen LogP contribution in [-0.4, -0.2) is 39.9 Å². The van der Waals surface area contributed by atoms with E-state index in [1.54, 1.807) is 21.0 Å². The lowest BCUT2D eigenvalue weighted by Gasteiger charge is -2.17. The van der Waals surface area contributed by atoms with Crippen LogP contribution in [0.15, 0.2) is 23.1 Å². The maximum atomic E-state index is 12.2. The van der Waals surface area contributed by atoms with Crippen LogP contribution < -0.4 is 5.32 Å². The van der Waals surface area contributed by atoms with Gasteiger partial charge in [0.25, 0.3) is 0 Å². The first-order valence-corrected chi connectivity index (χ1v) is 6.99. The molecule has 0 amide bonds. The van der Waals surface area contributed by atoms with Crippen molar-refractivity contribution in [3.8, 4) is 6.07 Å². The lowest BCUT2D eigenvalue weighted by molar-refractivity contribution is 0.466. The molecule has 1 N–H and O–H groups in total. The van der Waals surface area contributed by atoms with Gasteiger partial charge in [-0.15, -0.1) is 12.4 Å². The minimum absolute atomic E-state index is 0. The second-order valence-electron chi connectivity index (χ2n) is 4.02. The summed E-state index contributed by atoms with van der Waals surface area (Å²) in [6.07, 6.45) is 0. The molecule has 0 unspecified atom stereocenters. The van der Waals surface area contributed by atoms with Crippen molar-refractivity contribution in [3.05, 3.63) is 29.3 Å². The Hall–Kier alpha value is -1.13. The standard InChI is InChI=1S/C12H17N3O2S.ClH/c1-10-8-12(5-4-11(10)9-13)18(16,17)15(3)7-6-14-2;/h4-5,8,14H,6-7H2,1-3H3;1H. The van der Waals surface area contributed by atoms with E-state index in [9.17, 15) is 8.42 Å². The van der Waals surface area contributed by atoms with Crippen molar-refractivity contribution in [3.63, 3.8) is 0 Å². The van der Waals surface area contributed by atoms with Gasteiger partial charge in [-0.1, -0.05) is 0 Å². The van der Waals surface area contributed by atoms with Crippen LogP contribution in [0.5, 0.6) is 0 Å². The van der Waals surface area contributed by atoms with Crippen molar-refractivity contribution >= 4 is 22.4 Å². The number of nitriles is 1. The average Bonchev–Trinajstić information content (AvgIpc) is 2.35.